The van der Waals surface area contributed by atoms with Crippen molar-refractivity contribution >= 4 is 17.4 Å². The minimum absolute atomic E-state index is 0.178. The van der Waals surface area contributed by atoms with E-state index in [-0.39, 0.29) is 5.78 Å². The molecule has 1 aliphatic heterocycles. The van der Waals surface area contributed by atoms with Crippen molar-refractivity contribution in [1.29, 1.82) is 0 Å². The highest BCUT2D eigenvalue weighted by Crippen LogP contribution is 2.35. The molecule has 2 fully saturated rings. The van der Waals surface area contributed by atoms with Crippen molar-refractivity contribution < 1.29 is 4.79 Å². The Morgan fingerprint density at radius 2 is 1.90 bits per heavy atom. The number of likely N-dealkylation sites (tertiary alicyclic amines) is 1. The van der Waals surface area contributed by atoms with Gasteiger partial charge < -0.3 is 0 Å². The molecule has 21 heavy (non-hydrogen) atoms. The van der Waals surface area contributed by atoms with E-state index in [4.69, 9.17) is 11.6 Å². The van der Waals surface area contributed by atoms with Gasteiger partial charge in [-0.1, -0.05) is 36.6 Å². The Kier molecular flexibility index (Phi) is 4.97. The first-order valence-electron chi connectivity index (χ1n) is 8.27. The van der Waals surface area contributed by atoms with Crippen LogP contribution in [0.25, 0.3) is 0 Å². The molecule has 0 amide bonds. The molecule has 1 unspecified atom stereocenters. The second kappa shape index (κ2) is 6.93. The maximum atomic E-state index is 12.3. The molecule has 0 spiro atoms. The Morgan fingerprint density at radius 1 is 1.14 bits per heavy atom. The lowest BCUT2D eigenvalue weighted by atomic mass is 9.96. The van der Waals surface area contributed by atoms with Gasteiger partial charge in [0.05, 0.1) is 5.02 Å². The van der Waals surface area contributed by atoms with E-state index in [1.165, 1.54) is 38.5 Å². The van der Waals surface area contributed by atoms with Crippen molar-refractivity contribution in [2.75, 3.05) is 13.1 Å². The molecule has 0 N–H and O–H groups in total. The van der Waals surface area contributed by atoms with Gasteiger partial charge in [-0.15, -0.1) is 0 Å². The predicted octanol–water partition coefficient (Wildman–Crippen LogP) is 4.57. The SMILES string of the molecule is O=C(CCN1CCCC1C1CCCC1)c1ccccc1Cl. The van der Waals surface area contributed by atoms with Crippen LogP contribution < -0.4 is 0 Å². The predicted molar refractivity (Wildman–Crippen MR) is 87.0 cm³/mol. The summed E-state index contributed by atoms with van der Waals surface area (Å²) in [4.78, 5) is 14.9. The number of carbonyl (C=O) groups excluding carboxylic acids is 1. The van der Waals surface area contributed by atoms with Crippen LogP contribution in [0.4, 0.5) is 0 Å². The van der Waals surface area contributed by atoms with Crippen LogP contribution in [0.2, 0.25) is 5.02 Å². The first kappa shape index (κ1) is 15.1. The Hall–Kier alpha value is -0.860. The topological polar surface area (TPSA) is 20.3 Å². The van der Waals surface area contributed by atoms with E-state index in [1.54, 1.807) is 6.07 Å². The van der Waals surface area contributed by atoms with Crippen LogP contribution in [0.3, 0.4) is 0 Å². The van der Waals surface area contributed by atoms with E-state index in [0.717, 1.165) is 25.0 Å². The van der Waals surface area contributed by atoms with Gasteiger partial charge >= 0.3 is 0 Å². The largest absolute Gasteiger partial charge is 0.300 e. The number of benzene rings is 1. The smallest absolute Gasteiger partial charge is 0.165 e. The lowest BCUT2D eigenvalue weighted by Crippen LogP contribution is -2.36. The molecular formula is C18H24ClNO. The average Bonchev–Trinajstić information content (AvgIpc) is 3.16. The zero-order valence-electron chi connectivity index (χ0n) is 12.6. The fourth-order valence-corrected chi connectivity index (χ4v) is 4.31. The van der Waals surface area contributed by atoms with E-state index >= 15 is 0 Å². The number of carbonyl (C=O) groups is 1. The van der Waals surface area contributed by atoms with Crippen LogP contribution in [0.15, 0.2) is 24.3 Å². The molecule has 1 heterocycles. The highest BCUT2D eigenvalue weighted by molar-refractivity contribution is 6.33. The Balaban J connectivity index is 1.56. The van der Waals surface area contributed by atoms with Crippen molar-refractivity contribution in [3.8, 4) is 0 Å². The molecule has 1 saturated carbocycles. The number of rotatable bonds is 5. The van der Waals surface area contributed by atoms with Crippen LogP contribution in [0.5, 0.6) is 0 Å². The number of hydrogen-bond donors (Lipinski definition) is 0. The van der Waals surface area contributed by atoms with Gasteiger partial charge in [-0.05, 0) is 50.3 Å². The highest BCUT2D eigenvalue weighted by Gasteiger charge is 2.33. The average molecular weight is 306 g/mol. The molecule has 1 atom stereocenters. The summed E-state index contributed by atoms with van der Waals surface area (Å²) in [5, 5.41) is 0.580. The molecule has 0 radical (unpaired) electrons. The summed E-state index contributed by atoms with van der Waals surface area (Å²) in [6.45, 7) is 2.06. The minimum Gasteiger partial charge on any atom is -0.300 e. The Labute approximate surface area is 132 Å². The third kappa shape index (κ3) is 3.49. The third-order valence-electron chi connectivity index (χ3n) is 5.16. The van der Waals surface area contributed by atoms with E-state index in [9.17, 15) is 4.79 Å². The highest BCUT2D eigenvalue weighted by atomic mass is 35.5. The second-order valence-electron chi connectivity index (χ2n) is 6.44. The van der Waals surface area contributed by atoms with Crippen LogP contribution >= 0.6 is 11.6 Å². The van der Waals surface area contributed by atoms with E-state index in [2.05, 4.69) is 4.90 Å². The maximum absolute atomic E-state index is 12.3. The summed E-state index contributed by atoms with van der Waals surface area (Å²) in [6, 6.07) is 8.12. The normalized spacial score (nSPS) is 23.8. The van der Waals surface area contributed by atoms with E-state index < -0.39 is 0 Å². The number of hydrogen-bond acceptors (Lipinski definition) is 2. The fourth-order valence-electron chi connectivity index (χ4n) is 4.07. The summed E-state index contributed by atoms with van der Waals surface area (Å²) < 4.78 is 0. The van der Waals surface area contributed by atoms with Gasteiger partial charge in [0.25, 0.3) is 0 Å². The van der Waals surface area contributed by atoms with Gasteiger partial charge in [0.15, 0.2) is 5.78 Å². The molecule has 114 valence electrons. The molecule has 2 aliphatic rings. The number of nitrogens with zero attached hydrogens (tertiary/aromatic N) is 1. The van der Waals surface area contributed by atoms with Gasteiger partial charge in [0.1, 0.15) is 0 Å². The van der Waals surface area contributed by atoms with Crippen LogP contribution in [-0.2, 0) is 0 Å². The van der Waals surface area contributed by atoms with Gasteiger partial charge in [-0.2, -0.15) is 0 Å². The van der Waals surface area contributed by atoms with Crippen molar-refractivity contribution in [2.45, 2.75) is 51.0 Å². The van der Waals surface area contributed by atoms with Crippen molar-refractivity contribution in [3.05, 3.63) is 34.9 Å². The number of ketones is 1. The first-order valence-corrected chi connectivity index (χ1v) is 8.65. The summed E-state index contributed by atoms with van der Waals surface area (Å²) in [5.41, 5.74) is 0.677. The minimum atomic E-state index is 0.178. The quantitative estimate of drug-likeness (QED) is 0.743. The molecule has 1 saturated heterocycles. The molecule has 0 aromatic heterocycles. The molecule has 1 aromatic carbocycles. The molecule has 1 aromatic rings. The summed E-state index contributed by atoms with van der Waals surface area (Å²) >= 11 is 6.11. The lowest BCUT2D eigenvalue weighted by Gasteiger charge is -2.29. The molecule has 3 rings (SSSR count). The van der Waals surface area contributed by atoms with Gasteiger partial charge in [0, 0.05) is 24.6 Å². The monoisotopic (exact) mass is 305 g/mol. The van der Waals surface area contributed by atoms with Crippen LogP contribution in [0, 0.1) is 5.92 Å². The first-order chi connectivity index (χ1) is 10.3. The van der Waals surface area contributed by atoms with Gasteiger partial charge in [-0.3, -0.25) is 9.69 Å². The van der Waals surface area contributed by atoms with Crippen molar-refractivity contribution in [1.82, 2.24) is 4.90 Å². The van der Waals surface area contributed by atoms with Gasteiger partial charge in [0.2, 0.25) is 0 Å². The molecule has 2 nitrogen and oxygen atoms in total. The maximum Gasteiger partial charge on any atom is 0.165 e. The van der Waals surface area contributed by atoms with Crippen LogP contribution in [-0.4, -0.2) is 29.8 Å². The van der Waals surface area contributed by atoms with E-state index in [1.807, 2.05) is 18.2 Å². The molecule has 0 bridgehead atoms. The molecular weight excluding hydrogens is 282 g/mol. The standard InChI is InChI=1S/C18H24ClNO/c19-16-9-4-3-8-15(16)18(21)11-13-20-12-5-10-17(20)14-6-1-2-7-14/h3-4,8-9,14,17H,1-2,5-7,10-13H2. The van der Waals surface area contributed by atoms with Crippen molar-refractivity contribution in [3.63, 3.8) is 0 Å². The zero-order valence-corrected chi connectivity index (χ0v) is 13.3. The summed E-state index contributed by atoms with van der Waals surface area (Å²) in [7, 11) is 0. The summed E-state index contributed by atoms with van der Waals surface area (Å²) in [5.74, 6) is 1.06. The van der Waals surface area contributed by atoms with E-state index in [0.29, 0.717) is 17.0 Å². The van der Waals surface area contributed by atoms with Crippen molar-refractivity contribution in [2.24, 2.45) is 5.92 Å². The zero-order chi connectivity index (χ0) is 14.7. The molecule has 1 aliphatic carbocycles. The second-order valence-corrected chi connectivity index (χ2v) is 6.85. The Morgan fingerprint density at radius 3 is 2.67 bits per heavy atom. The Bertz CT molecular complexity index is 496. The third-order valence-corrected chi connectivity index (χ3v) is 5.49. The fraction of sp³-hybridized carbons (Fsp3) is 0.611. The van der Waals surface area contributed by atoms with Gasteiger partial charge in [-0.25, -0.2) is 0 Å². The number of Topliss-reactive ketones (excluding diaryl/α,β-unsaturated/α-hetero) is 1. The lowest BCUT2D eigenvalue weighted by molar-refractivity contribution is 0.0951. The molecule has 3 heteroatoms. The number of halogens is 1. The van der Waals surface area contributed by atoms with Crippen LogP contribution in [0.1, 0.15) is 55.3 Å². The summed E-state index contributed by atoms with van der Waals surface area (Å²) in [6.07, 6.45) is 8.78.